The Labute approximate surface area is 133 Å². The van der Waals surface area contributed by atoms with Gasteiger partial charge in [-0.2, -0.15) is 0 Å². The fourth-order valence-electron chi connectivity index (χ4n) is 1.20. The van der Waals surface area contributed by atoms with E-state index in [4.69, 9.17) is 11.6 Å². The van der Waals surface area contributed by atoms with Gasteiger partial charge in [0.1, 0.15) is 11.5 Å². The van der Waals surface area contributed by atoms with E-state index in [9.17, 15) is 14.0 Å². The van der Waals surface area contributed by atoms with Crippen LogP contribution in [-0.2, 0) is 19.1 Å². The van der Waals surface area contributed by atoms with Gasteiger partial charge in [0.25, 0.3) is 0 Å². The zero-order chi connectivity index (χ0) is 15.3. The van der Waals surface area contributed by atoms with Crippen molar-refractivity contribution in [3.8, 4) is 0 Å². The van der Waals surface area contributed by atoms with Crippen molar-refractivity contribution in [3.63, 3.8) is 0 Å². The first kappa shape index (κ1) is 16.7. The van der Waals surface area contributed by atoms with Crippen molar-refractivity contribution in [1.82, 2.24) is 0 Å². The van der Waals surface area contributed by atoms with Gasteiger partial charge >= 0.3 is 11.9 Å². The summed E-state index contributed by atoms with van der Waals surface area (Å²) in [4.78, 5) is 22.7. The third-order valence-electron chi connectivity index (χ3n) is 2.15. The van der Waals surface area contributed by atoms with Gasteiger partial charge in [-0.25, -0.2) is 14.0 Å². The molecule has 0 aromatic heterocycles. The average molecular weight is 414 g/mol. The second kappa shape index (κ2) is 7.44. The van der Waals surface area contributed by atoms with Crippen LogP contribution in [0.5, 0.6) is 0 Å². The van der Waals surface area contributed by atoms with E-state index in [2.05, 4.69) is 14.8 Å². The standard InChI is InChI=1S/C12H10ClFINO4/c1-19-11(17)5-10(12(18)20-2)16-9-4-8(15)6(13)3-7(9)14/h3-5,16H,1-2H3/b10-5+. The first-order valence-electron chi connectivity index (χ1n) is 5.18. The SMILES string of the molecule is COC(=O)/C=C(/Nc1cc(I)c(Cl)cc1F)C(=O)OC. The van der Waals surface area contributed by atoms with E-state index < -0.39 is 17.8 Å². The molecule has 1 aromatic rings. The number of methoxy groups -OCH3 is 2. The summed E-state index contributed by atoms with van der Waals surface area (Å²) in [7, 11) is 2.29. The normalized spacial score (nSPS) is 10.9. The molecule has 0 spiro atoms. The van der Waals surface area contributed by atoms with Gasteiger partial charge in [0.05, 0.1) is 31.0 Å². The van der Waals surface area contributed by atoms with E-state index in [-0.39, 0.29) is 16.4 Å². The van der Waals surface area contributed by atoms with Gasteiger partial charge in [0.2, 0.25) is 0 Å². The van der Waals surface area contributed by atoms with Crippen LogP contribution in [0.2, 0.25) is 5.02 Å². The highest BCUT2D eigenvalue weighted by atomic mass is 127. The van der Waals surface area contributed by atoms with Crippen molar-refractivity contribution in [2.45, 2.75) is 0 Å². The number of hydrogen-bond donors (Lipinski definition) is 1. The van der Waals surface area contributed by atoms with Crippen LogP contribution in [0.25, 0.3) is 0 Å². The molecule has 0 bridgehead atoms. The van der Waals surface area contributed by atoms with Crippen LogP contribution in [-0.4, -0.2) is 26.2 Å². The summed E-state index contributed by atoms with van der Waals surface area (Å²) >= 11 is 7.67. The first-order chi connectivity index (χ1) is 9.38. The molecule has 5 nitrogen and oxygen atoms in total. The fourth-order valence-corrected chi connectivity index (χ4v) is 1.81. The van der Waals surface area contributed by atoms with Crippen LogP contribution in [0.4, 0.5) is 10.1 Å². The summed E-state index contributed by atoms with van der Waals surface area (Å²) in [6, 6.07) is 2.49. The zero-order valence-corrected chi connectivity index (χ0v) is 13.4. The molecule has 0 atom stereocenters. The predicted octanol–water partition coefficient (Wildman–Crippen LogP) is 2.73. The Kier molecular flexibility index (Phi) is 6.21. The third kappa shape index (κ3) is 4.34. The second-order valence-corrected chi connectivity index (χ2v) is 5.01. The Morgan fingerprint density at radius 2 is 2.00 bits per heavy atom. The highest BCUT2D eigenvalue weighted by molar-refractivity contribution is 14.1. The molecule has 108 valence electrons. The lowest BCUT2D eigenvalue weighted by atomic mass is 10.2. The smallest absolute Gasteiger partial charge is 0.354 e. The maximum absolute atomic E-state index is 13.7. The summed E-state index contributed by atoms with van der Waals surface area (Å²) in [5.41, 5.74) is -0.268. The van der Waals surface area contributed by atoms with Gasteiger partial charge in [-0.3, -0.25) is 0 Å². The fraction of sp³-hybridized carbons (Fsp3) is 0.167. The van der Waals surface area contributed by atoms with Gasteiger partial charge in [0.15, 0.2) is 0 Å². The Balaban J connectivity index is 3.14. The highest BCUT2D eigenvalue weighted by Crippen LogP contribution is 2.26. The van der Waals surface area contributed by atoms with Crippen molar-refractivity contribution in [2.75, 3.05) is 19.5 Å². The summed E-state index contributed by atoms with van der Waals surface area (Å²) in [5.74, 6) is -2.28. The molecule has 1 N–H and O–H groups in total. The van der Waals surface area contributed by atoms with Crippen molar-refractivity contribution in [1.29, 1.82) is 0 Å². The Hall–Kier alpha value is -1.35. The molecular weight excluding hydrogens is 403 g/mol. The number of carbonyl (C=O) groups excluding carboxylic acids is 2. The van der Waals surface area contributed by atoms with Gasteiger partial charge < -0.3 is 14.8 Å². The number of carbonyl (C=O) groups is 2. The Bertz CT molecular complexity index is 577. The third-order valence-corrected chi connectivity index (χ3v) is 3.67. The van der Waals surface area contributed by atoms with Crippen molar-refractivity contribution < 1.29 is 23.5 Å². The largest absolute Gasteiger partial charge is 0.466 e. The maximum Gasteiger partial charge on any atom is 0.354 e. The van der Waals surface area contributed by atoms with Crippen LogP contribution in [0, 0.1) is 9.39 Å². The highest BCUT2D eigenvalue weighted by Gasteiger charge is 2.15. The molecule has 20 heavy (non-hydrogen) atoms. The minimum absolute atomic E-state index is 0.0145. The quantitative estimate of drug-likeness (QED) is 0.356. The summed E-state index contributed by atoms with van der Waals surface area (Å²) in [5, 5.41) is 2.72. The summed E-state index contributed by atoms with van der Waals surface area (Å²) in [6.07, 6.45) is 0.868. The lowest BCUT2D eigenvalue weighted by Gasteiger charge is -2.11. The molecule has 0 aliphatic carbocycles. The topological polar surface area (TPSA) is 64.6 Å². The van der Waals surface area contributed by atoms with Crippen LogP contribution in [0.1, 0.15) is 0 Å². The number of esters is 2. The molecule has 0 unspecified atom stereocenters. The molecule has 0 amide bonds. The molecular formula is C12H10ClFINO4. The first-order valence-corrected chi connectivity index (χ1v) is 6.64. The number of hydrogen-bond acceptors (Lipinski definition) is 5. The Morgan fingerprint density at radius 3 is 2.55 bits per heavy atom. The summed E-state index contributed by atoms with van der Waals surface area (Å²) in [6.45, 7) is 0. The molecule has 0 radical (unpaired) electrons. The predicted molar refractivity (Wildman–Crippen MR) is 79.9 cm³/mol. The second-order valence-electron chi connectivity index (χ2n) is 3.44. The van der Waals surface area contributed by atoms with E-state index >= 15 is 0 Å². The number of halogens is 3. The number of rotatable bonds is 4. The van der Waals surface area contributed by atoms with E-state index in [1.54, 1.807) is 0 Å². The van der Waals surface area contributed by atoms with Gasteiger partial charge in [-0.1, -0.05) is 11.6 Å². The van der Waals surface area contributed by atoms with Crippen molar-refractivity contribution >= 4 is 51.8 Å². The molecule has 0 saturated carbocycles. The molecule has 0 aliphatic rings. The monoisotopic (exact) mass is 413 g/mol. The number of benzene rings is 1. The van der Waals surface area contributed by atoms with Gasteiger partial charge in [-0.15, -0.1) is 0 Å². The van der Waals surface area contributed by atoms with E-state index in [1.807, 2.05) is 22.6 Å². The van der Waals surface area contributed by atoms with Crippen LogP contribution in [0.3, 0.4) is 0 Å². The lowest BCUT2D eigenvalue weighted by molar-refractivity contribution is -0.138. The molecule has 1 aromatic carbocycles. The lowest BCUT2D eigenvalue weighted by Crippen LogP contribution is -2.16. The van der Waals surface area contributed by atoms with Crippen LogP contribution >= 0.6 is 34.2 Å². The number of nitrogens with one attached hydrogen (secondary N) is 1. The van der Waals surface area contributed by atoms with Gasteiger partial charge in [0, 0.05) is 3.57 Å². The van der Waals surface area contributed by atoms with Crippen LogP contribution < -0.4 is 5.32 Å². The average Bonchev–Trinajstić information content (AvgIpc) is 2.42. The number of ether oxygens (including phenoxy) is 2. The van der Waals surface area contributed by atoms with Gasteiger partial charge in [-0.05, 0) is 34.7 Å². The molecule has 0 saturated heterocycles. The number of anilines is 1. The Morgan fingerprint density at radius 1 is 1.35 bits per heavy atom. The minimum Gasteiger partial charge on any atom is -0.466 e. The summed E-state index contributed by atoms with van der Waals surface area (Å²) < 4.78 is 23.2. The van der Waals surface area contributed by atoms with Crippen molar-refractivity contribution in [2.24, 2.45) is 0 Å². The minimum atomic E-state index is -0.834. The molecule has 8 heteroatoms. The van der Waals surface area contributed by atoms with Crippen LogP contribution in [0.15, 0.2) is 23.9 Å². The molecule has 0 aliphatic heterocycles. The van der Waals surface area contributed by atoms with Crippen molar-refractivity contribution in [3.05, 3.63) is 38.3 Å². The van der Waals surface area contributed by atoms with E-state index in [0.717, 1.165) is 26.4 Å². The molecule has 0 fully saturated rings. The zero-order valence-electron chi connectivity index (χ0n) is 10.5. The van der Waals surface area contributed by atoms with E-state index in [0.29, 0.717) is 3.57 Å². The molecule has 1 rings (SSSR count). The molecule has 0 heterocycles. The van der Waals surface area contributed by atoms with E-state index in [1.165, 1.54) is 6.07 Å². The maximum atomic E-state index is 13.7.